The first-order valence-corrected chi connectivity index (χ1v) is 9.60. The van der Waals surface area contributed by atoms with Crippen LogP contribution in [0.2, 0.25) is 0 Å². The van der Waals surface area contributed by atoms with Crippen molar-refractivity contribution in [3.8, 4) is 5.75 Å². The molecular formula is C23H25NO4. The van der Waals surface area contributed by atoms with Crippen LogP contribution in [-0.2, 0) is 26.6 Å². The van der Waals surface area contributed by atoms with Gasteiger partial charge in [0.2, 0.25) is 0 Å². The maximum atomic E-state index is 13.6. The number of carbonyl (C=O) groups excluding carboxylic acids is 1. The Bertz CT molecular complexity index is 915. The van der Waals surface area contributed by atoms with Gasteiger partial charge in [-0.3, -0.25) is 4.79 Å². The molecule has 1 saturated heterocycles. The summed E-state index contributed by atoms with van der Waals surface area (Å²) in [5.41, 5.74) is 4.66. The van der Waals surface area contributed by atoms with E-state index in [9.17, 15) is 4.79 Å². The van der Waals surface area contributed by atoms with Crippen LogP contribution < -0.4 is 9.64 Å². The van der Waals surface area contributed by atoms with Gasteiger partial charge in [0.15, 0.2) is 0 Å². The molecule has 146 valence electrons. The summed E-state index contributed by atoms with van der Waals surface area (Å²) < 4.78 is 17.8. The Labute approximate surface area is 165 Å². The van der Waals surface area contributed by atoms with Gasteiger partial charge in [-0.2, -0.15) is 0 Å². The predicted molar refractivity (Wildman–Crippen MR) is 107 cm³/mol. The molecule has 0 aromatic heterocycles. The van der Waals surface area contributed by atoms with Crippen molar-refractivity contribution in [3.05, 3.63) is 71.3 Å². The van der Waals surface area contributed by atoms with Gasteiger partial charge in [-0.05, 0) is 37.5 Å². The Morgan fingerprint density at radius 3 is 2.61 bits per heavy atom. The molecule has 0 saturated carbocycles. The van der Waals surface area contributed by atoms with E-state index in [0.717, 1.165) is 40.1 Å². The maximum absolute atomic E-state index is 13.6. The van der Waals surface area contributed by atoms with Gasteiger partial charge in [0.05, 0.1) is 25.4 Å². The van der Waals surface area contributed by atoms with E-state index < -0.39 is 5.79 Å². The summed E-state index contributed by atoms with van der Waals surface area (Å²) in [4.78, 5) is 15.4. The molecule has 2 aliphatic heterocycles. The normalized spacial score (nSPS) is 17.6. The minimum atomic E-state index is -1.33. The molecule has 1 spiro atoms. The number of nitrogens with zero attached hydrogens (tertiary/aromatic N) is 1. The predicted octanol–water partition coefficient (Wildman–Crippen LogP) is 4.00. The largest absolute Gasteiger partial charge is 0.489 e. The van der Waals surface area contributed by atoms with E-state index in [1.165, 1.54) is 0 Å². The highest BCUT2D eigenvalue weighted by Gasteiger charge is 2.56. The lowest BCUT2D eigenvalue weighted by Gasteiger charge is -2.33. The molecule has 0 atom stereocenters. The molecule has 5 heteroatoms. The molecular weight excluding hydrogens is 354 g/mol. The zero-order valence-corrected chi connectivity index (χ0v) is 16.4. The monoisotopic (exact) mass is 379 g/mol. The Morgan fingerprint density at radius 2 is 1.86 bits per heavy atom. The fraction of sp³-hybridized carbons (Fsp3) is 0.348. The van der Waals surface area contributed by atoms with Gasteiger partial charge >= 0.3 is 0 Å². The van der Waals surface area contributed by atoms with Crippen molar-refractivity contribution < 1.29 is 19.0 Å². The lowest BCUT2D eigenvalue weighted by molar-refractivity contribution is -0.257. The van der Waals surface area contributed by atoms with E-state index in [-0.39, 0.29) is 5.91 Å². The van der Waals surface area contributed by atoms with Crippen LogP contribution in [0.5, 0.6) is 5.75 Å². The van der Waals surface area contributed by atoms with Gasteiger partial charge in [-0.15, -0.1) is 0 Å². The van der Waals surface area contributed by atoms with Gasteiger partial charge < -0.3 is 19.1 Å². The highest BCUT2D eigenvalue weighted by molar-refractivity contribution is 6.07. The van der Waals surface area contributed by atoms with E-state index in [0.29, 0.717) is 26.4 Å². The Hall–Kier alpha value is -2.63. The standard InChI is InChI=1S/C23H25NO4/c1-4-12-26-19-9-6-5-8-18(19)15-24-21-17(3)11-10-16(2)20(21)23(22(24)25)27-13-7-14-28-23/h4-6,8-11H,1,7,12-15H2,2-3H3. The topological polar surface area (TPSA) is 48.0 Å². The summed E-state index contributed by atoms with van der Waals surface area (Å²) in [6.45, 7) is 9.53. The van der Waals surface area contributed by atoms with E-state index in [1.54, 1.807) is 11.0 Å². The van der Waals surface area contributed by atoms with Crippen molar-refractivity contribution >= 4 is 11.6 Å². The molecule has 5 nitrogen and oxygen atoms in total. The molecule has 0 radical (unpaired) electrons. The van der Waals surface area contributed by atoms with E-state index in [2.05, 4.69) is 6.58 Å². The fourth-order valence-electron chi connectivity index (χ4n) is 3.99. The number of rotatable bonds is 5. The van der Waals surface area contributed by atoms with Crippen molar-refractivity contribution in [1.29, 1.82) is 0 Å². The Kier molecular flexibility index (Phi) is 4.96. The second-order valence-electron chi connectivity index (χ2n) is 7.19. The van der Waals surface area contributed by atoms with Gasteiger partial charge in [-0.25, -0.2) is 0 Å². The number of anilines is 1. The maximum Gasteiger partial charge on any atom is 0.292 e. The lowest BCUT2D eigenvalue weighted by atomic mass is 9.97. The summed E-state index contributed by atoms with van der Waals surface area (Å²) in [7, 11) is 0. The Balaban J connectivity index is 1.79. The average molecular weight is 379 g/mol. The molecule has 0 aliphatic carbocycles. The number of hydrogen-bond donors (Lipinski definition) is 0. The first-order valence-electron chi connectivity index (χ1n) is 9.60. The Morgan fingerprint density at radius 1 is 1.14 bits per heavy atom. The number of aryl methyl sites for hydroxylation is 2. The van der Waals surface area contributed by atoms with Crippen molar-refractivity contribution in [2.45, 2.75) is 32.6 Å². The molecule has 2 heterocycles. The highest BCUT2D eigenvalue weighted by atomic mass is 16.7. The van der Waals surface area contributed by atoms with Crippen LogP contribution in [0.25, 0.3) is 0 Å². The number of amides is 1. The first-order chi connectivity index (χ1) is 13.6. The lowest BCUT2D eigenvalue weighted by Crippen LogP contribution is -2.47. The van der Waals surface area contributed by atoms with Crippen LogP contribution in [0.1, 0.15) is 28.7 Å². The molecule has 1 fully saturated rings. The molecule has 2 aliphatic rings. The number of benzene rings is 2. The third kappa shape index (κ3) is 2.91. The number of hydrogen-bond acceptors (Lipinski definition) is 4. The average Bonchev–Trinajstić information content (AvgIpc) is 2.94. The minimum absolute atomic E-state index is 0.168. The second-order valence-corrected chi connectivity index (χ2v) is 7.19. The molecule has 2 aromatic carbocycles. The fourth-order valence-corrected chi connectivity index (χ4v) is 3.99. The summed E-state index contributed by atoms with van der Waals surface area (Å²) in [5, 5.41) is 0. The van der Waals surface area contributed by atoms with Crippen LogP contribution in [0.4, 0.5) is 5.69 Å². The summed E-state index contributed by atoms with van der Waals surface area (Å²) in [6, 6.07) is 11.8. The van der Waals surface area contributed by atoms with E-state index in [4.69, 9.17) is 14.2 Å². The SMILES string of the molecule is C=CCOc1ccccc1CN1C(=O)C2(OCCCO2)c2c(C)ccc(C)c21. The molecule has 2 aromatic rings. The van der Waals surface area contributed by atoms with Gasteiger partial charge in [0, 0.05) is 11.1 Å². The van der Waals surface area contributed by atoms with Crippen molar-refractivity contribution in [1.82, 2.24) is 0 Å². The quantitative estimate of drug-likeness (QED) is 0.737. The molecule has 1 amide bonds. The number of ether oxygens (including phenoxy) is 3. The summed E-state index contributed by atoms with van der Waals surface area (Å²) in [6.07, 6.45) is 2.49. The van der Waals surface area contributed by atoms with E-state index >= 15 is 0 Å². The molecule has 0 N–H and O–H groups in total. The second kappa shape index (κ2) is 7.41. The van der Waals surface area contributed by atoms with Crippen molar-refractivity contribution in [2.75, 3.05) is 24.7 Å². The number of para-hydroxylation sites is 1. The van der Waals surface area contributed by atoms with Crippen LogP contribution >= 0.6 is 0 Å². The summed E-state index contributed by atoms with van der Waals surface area (Å²) >= 11 is 0. The first kappa shape index (κ1) is 18.7. The van der Waals surface area contributed by atoms with Crippen LogP contribution in [0, 0.1) is 13.8 Å². The zero-order chi connectivity index (χ0) is 19.7. The van der Waals surface area contributed by atoms with Crippen molar-refractivity contribution in [3.63, 3.8) is 0 Å². The van der Waals surface area contributed by atoms with Gasteiger partial charge in [0.1, 0.15) is 12.4 Å². The third-order valence-electron chi connectivity index (χ3n) is 5.27. The summed E-state index contributed by atoms with van der Waals surface area (Å²) in [5.74, 6) is -0.757. The van der Waals surface area contributed by atoms with Gasteiger partial charge in [0.25, 0.3) is 11.7 Å². The van der Waals surface area contributed by atoms with Crippen LogP contribution in [0.3, 0.4) is 0 Å². The molecule has 28 heavy (non-hydrogen) atoms. The molecule has 4 rings (SSSR count). The van der Waals surface area contributed by atoms with Crippen molar-refractivity contribution in [2.24, 2.45) is 0 Å². The van der Waals surface area contributed by atoms with Gasteiger partial charge in [-0.1, -0.05) is 43.0 Å². The smallest absolute Gasteiger partial charge is 0.292 e. The number of fused-ring (bicyclic) bond motifs is 2. The van der Waals surface area contributed by atoms with Crippen LogP contribution in [-0.4, -0.2) is 25.7 Å². The minimum Gasteiger partial charge on any atom is -0.489 e. The molecule has 0 unspecified atom stereocenters. The highest BCUT2D eigenvalue weighted by Crippen LogP contribution is 2.49. The zero-order valence-electron chi connectivity index (χ0n) is 16.4. The molecule has 0 bridgehead atoms. The van der Waals surface area contributed by atoms with E-state index in [1.807, 2.05) is 50.2 Å². The van der Waals surface area contributed by atoms with Crippen LogP contribution in [0.15, 0.2) is 49.1 Å². The third-order valence-corrected chi connectivity index (χ3v) is 5.27. The number of carbonyl (C=O) groups is 1.